The van der Waals surface area contributed by atoms with Crippen LogP contribution in [-0.2, 0) is 9.47 Å². The lowest BCUT2D eigenvalue weighted by Crippen LogP contribution is -2.28. The molecule has 1 heterocycles. The molecule has 0 N–H and O–H groups in total. The van der Waals surface area contributed by atoms with Gasteiger partial charge in [0.05, 0.1) is 24.9 Å². The van der Waals surface area contributed by atoms with Gasteiger partial charge in [-0.25, -0.2) is 0 Å². The van der Waals surface area contributed by atoms with Crippen molar-refractivity contribution >= 4 is 0 Å². The standard InChI is InChI=1S/C18H29NO2/c19-12-14-3-5-15(6-4-14)16-7-9-17(10-8-16)20-11-1-2-18-13-21-18/h14-18H,1-11,13H2. The van der Waals surface area contributed by atoms with Crippen molar-refractivity contribution in [3.05, 3.63) is 0 Å². The van der Waals surface area contributed by atoms with E-state index in [0.29, 0.717) is 18.1 Å². The molecule has 2 aliphatic carbocycles. The second kappa shape index (κ2) is 7.61. The number of nitriles is 1. The van der Waals surface area contributed by atoms with E-state index in [1.807, 2.05) is 0 Å². The maximum atomic E-state index is 8.99. The first-order valence-electron chi connectivity index (χ1n) is 8.98. The Morgan fingerprint density at radius 3 is 2.14 bits per heavy atom. The summed E-state index contributed by atoms with van der Waals surface area (Å²) < 4.78 is 11.3. The number of hydrogen-bond donors (Lipinski definition) is 0. The second-order valence-electron chi connectivity index (χ2n) is 7.25. The van der Waals surface area contributed by atoms with Crippen LogP contribution in [0.2, 0.25) is 0 Å². The van der Waals surface area contributed by atoms with Gasteiger partial charge in [0.15, 0.2) is 0 Å². The Hall–Kier alpha value is -0.590. The van der Waals surface area contributed by atoms with Crippen molar-refractivity contribution in [1.82, 2.24) is 0 Å². The van der Waals surface area contributed by atoms with E-state index in [0.717, 1.165) is 44.3 Å². The molecule has 2 saturated carbocycles. The molecule has 1 saturated heterocycles. The molecule has 0 bridgehead atoms. The third kappa shape index (κ3) is 4.69. The van der Waals surface area contributed by atoms with Gasteiger partial charge in [-0.2, -0.15) is 5.26 Å². The summed E-state index contributed by atoms with van der Waals surface area (Å²) in [7, 11) is 0. The van der Waals surface area contributed by atoms with Crippen molar-refractivity contribution in [3.8, 4) is 6.07 Å². The minimum atomic E-state index is 0.344. The largest absolute Gasteiger partial charge is 0.378 e. The molecule has 1 aliphatic heterocycles. The molecule has 1 unspecified atom stereocenters. The van der Waals surface area contributed by atoms with Gasteiger partial charge in [-0.15, -0.1) is 0 Å². The Morgan fingerprint density at radius 1 is 0.952 bits per heavy atom. The van der Waals surface area contributed by atoms with E-state index in [1.54, 1.807) is 0 Å². The predicted octanol–water partition coefficient (Wildman–Crippen LogP) is 4.07. The van der Waals surface area contributed by atoms with Crippen LogP contribution >= 0.6 is 0 Å². The minimum absolute atomic E-state index is 0.344. The number of ether oxygens (including phenoxy) is 2. The van der Waals surface area contributed by atoms with Gasteiger partial charge >= 0.3 is 0 Å². The topological polar surface area (TPSA) is 45.5 Å². The van der Waals surface area contributed by atoms with E-state index in [1.165, 1.54) is 44.9 Å². The van der Waals surface area contributed by atoms with Gasteiger partial charge in [0, 0.05) is 12.5 Å². The fourth-order valence-corrected chi connectivity index (χ4v) is 4.24. The maximum Gasteiger partial charge on any atom is 0.0810 e. The van der Waals surface area contributed by atoms with Crippen LogP contribution in [-0.4, -0.2) is 25.4 Å². The molecule has 21 heavy (non-hydrogen) atoms. The fraction of sp³-hybridized carbons (Fsp3) is 0.944. The van der Waals surface area contributed by atoms with Crippen LogP contribution in [0.25, 0.3) is 0 Å². The highest BCUT2D eigenvalue weighted by Gasteiger charge is 2.31. The van der Waals surface area contributed by atoms with Crippen molar-refractivity contribution in [3.63, 3.8) is 0 Å². The Balaban J connectivity index is 1.28. The van der Waals surface area contributed by atoms with Crippen LogP contribution in [0, 0.1) is 29.1 Å². The molecule has 0 radical (unpaired) electrons. The molecule has 0 amide bonds. The summed E-state index contributed by atoms with van der Waals surface area (Å²) in [6.07, 6.45) is 13.4. The van der Waals surface area contributed by atoms with Crippen LogP contribution in [0.5, 0.6) is 0 Å². The Morgan fingerprint density at radius 2 is 1.57 bits per heavy atom. The molecule has 0 aromatic carbocycles. The van der Waals surface area contributed by atoms with Gasteiger partial charge in [0.1, 0.15) is 0 Å². The van der Waals surface area contributed by atoms with Gasteiger partial charge < -0.3 is 9.47 Å². The molecular weight excluding hydrogens is 262 g/mol. The fourth-order valence-electron chi connectivity index (χ4n) is 4.24. The van der Waals surface area contributed by atoms with Gasteiger partial charge in [-0.1, -0.05) is 0 Å². The summed E-state index contributed by atoms with van der Waals surface area (Å²) >= 11 is 0. The van der Waals surface area contributed by atoms with Gasteiger partial charge in [0.25, 0.3) is 0 Å². The molecule has 118 valence electrons. The lowest BCUT2D eigenvalue weighted by molar-refractivity contribution is 0.00569. The van der Waals surface area contributed by atoms with E-state index in [-0.39, 0.29) is 0 Å². The molecule has 0 aromatic heterocycles. The van der Waals surface area contributed by atoms with E-state index in [9.17, 15) is 0 Å². The molecule has 3 aliphatic rings. The van der Waals surface area contributed by atoms with Crippen molar-refractivity contribution in [2.75, 3.05) is 13.2 Å². The third-order valence-corrected chi connectivity index (χ3v) is 5.77. The van der Waals surface area contributed by atoms with E-state index in [2.05, 4.69) is 6.07 Å². The lowest BCUT2D eigenvalue weighted by atomic mass is 9.71. The highest BCUT2D eigenvalue weighted by Crippen LogP contribution is 2.40. The predicted molar refractivity (Wildman–Crippen MR) is 81.7 cm³/mol. The molecule has 3 heteroatoms. The van der Waals surface area contributed by atoms with E-state index in [4.69, 9.17) is 14.7 Å². The first kappa shape index (κ1) is 15.3. The van der Waals surface area contributed by atoms with Crippen LogP contribution in [0.15, 0.2) is 0 Å². The SMILES string of the molecule is N#CC1CCC(C2CCC(OCCCC3CO3)CC2)CC1. The first-order valence-corrected chi connectivity index (χ1v) is 8.98. The molecular formula is C18H29NO2. The lowest BCUT2D eigenvalue weighted by Gasteiger charge is -2.36. The molecule has 1 atom stereocenters. The summed E-state index contributed by atoms with van der Waals surface area (Å²) in [4.78, 5) is 0. The summed E-state index contributed by atoms with van der Waals surface area (Å²) in [6.45, 7) is 1.89. The zero-order chi connectivity index (χ0) is 14.5. The normalized spacial score (nSPS) is 39.7. The number of nitrogens with zero attached hydrogens (tertiary/aromatic N) is 1. The van der Waals surface area contributed by atoms with E-state index >= 15 is 0 Å². The monoisotopic (exact) mass is 291 g/mol. The molecule has 3 rings (SSSR count). The maximum absolute atomic E-state index is 8.99. The van der Waals surface area contributed by atoms with Crippen LogP contribution in [0.4, 0.5) is 0 Å². The summed E-state index contributed by atoms with van der Waals surface area (Å²) in [5.74, 6) is 2.14. The smallest absolute Gasteiger partial charge is 0.0810 e. The minimum Gasteiger partial charge on any atom is -0.378 e. The third-order valence-electron chi connectivity index (χ3n) is 5.77. The van der Waals surface area contributed by atoms with Gasteiger partial charge in [-0.3, -0.25) is 0 Å². The Bertz CT molecular complexity index is 345. The number of rotatable bonds is 6. The van der Waals surface area contributed by atoms with E-state index < -0.39 is 0 Å². The van der Waals surface area contributed by atoms with Crippen molar-refractivity contribution in [2.45, 2.75) is 76.4 Å². The van der Waals surface area contributed by atoms with Crippen molar-refractivity contribution in [2.24, 2.45) is 17.8 Å². The van der Waals surface area contributed by atoms with Gasteiger partial charge in [-0.05, 0) is 76.0 Å². The van der Waals surface area contributed by atoms with Crippen LogP contribution in [0.1, 0.15) is 64.2 Å². The molecule has 3 fully saturated rings. The summed E-state index contributed by atoms with van der Waals surface area (Å²) in [6, 6.07) is 2.45. The summed E-state index contributed by atoms with van der Waals surface area (Å²) in [5.41, 5.74) is 0. The van der Waals surface area contributed by atoms with Crippen molar-refractivity contribution in [1.29, 1.82) is 5.26 Å². The van der Waals surface area contributed by atoms with Gasteiger partial charge in [0.2, 0.25) is 0 Å². The van der Waals surface area contributed by atoms with Crippen LogP contribution in [0.3, 0.4) is 0 Å². The quantitative estimate of drug-likeness (QED) is 0.547. The average Bonchev–Trinajstić information content (AvgIpc) is 3.37. The number of hydrogen-bond acceptors (Lipinski definition) is 3. The molecule has 0 spiro atoms. The van der Waals surface area contributed by atoms with Crippen molar-refractivity contribution < 1.29 is 9.47 Å². The first-order chi connectivity index (χ1) is 10.3. The molecule has 3 nitrogen and oxygen atoms in total. The Kier molecular flexibility index (Phi) is 5.55. The average molecular weight is 291 g/mol. The molecule has 0 aromatic rings. The Labute approximate surface area is 129 Å². The second-order valence-corrected chi connectivity index (χ2v) is 7.25. The highest BCUT2D eigenvalue weighted by molar-refractivity contribution is 4.89. The zero-order valence-corrected chi connectivity index (χ0v) is 13.1. The zero-order valence-electron chi connectivity index (χ0n) is 13.1. The highest BCUT2D eigenvalue weighted by atomic mass is 16.6. The summed E-state index contributed by atoms with van der Waals surface area (Å²) in [5, 5.41) is 8.99. The number of epoxide rings is 1. The van der Waals surface area contributed by atoms with Crippen LogP contribution < -0.4 is 0 Å².